The van der Waals surface area contributed by atoms with Gasteiger partial charge in [-0.15, -0.1) is 0 Å². The van der Waals surface area contributed by atoms with Crippen molar-refractivity contribution in [3.05, 3.63) is 64.4 Å². The molecule has 0 radical (unpaired) electrons. The summed E-state index contributed by atoms with van der Waals surface area (Å²) in [6.07, 6.45) is 1.38. The molecule has 0 unspecified atom stereocenters. The van der Waals surface area contributed by atoms with Crippen molar-refractivity contribution in [1.29, 1.82) is 0 Å². The van der Waals surface area contributed by atoms with E-state index in [-0.39, 0.29) is 18.6 Å². The van der Waals surface area contributed by atoms with Crippen molar-refractivity contribution in [3.63, 3.8) is 0 Å². The Morgan fingerprint density at radius 2 is 1.93 bits per heavy atom. The first-order valence-corrected chi connectivity index (χ1v) is 9.77. The lowest BCUT2D eigenvalue weighted by molar-refractivity contribution is 0.0801. The fourth-order valence-corrected chi connectivity index (χ4v) is 3.48. The molecule has 2 amide bonds. The SMILES string of the molecule is Cc1cc(C(=O)NCC2CCN(C(=O)OCc3ccccc3)CC2)cc(Cl)n1. The van der Waals surface area contributed by atoms with Crippen LogP contribution in [0.4, 0.5) is 4.79 Å². The Balaban J connectivity index is 1.40. The number of halogens is 1. The number of pyridine rings is 1. The van der Waals surface area contributed by atoms with Crippen LogP contribution in [0.25, 0.3) is 0 Å². The third kappa shape index (κ3) is 5.70. The highest BCUT2D eigenvalue weighted by atomic mass is 35.5. The highest BCUT2D eigenvalue weighted by Crippen LogP contribution is 2.18. The van der Waals surface area contributed by atoms with Crippen LogP contribution in [0.2, 0.25) is 5.15 Å². The second-order valence-electron chi connectivity index (χ2n) is 7.00. The molecule has 1 aromatic carbocycles. The Hall–Kier alpha value is -2.60. The molecule has 148 valence electrons. The molecule has 0 spiro atoms. The van der Waals surface area contributed by atoms with Crippen LogP contribution in [0.3, 0.4) is 0 Å². The van der Waals surface area contributed by atoms with Crippen LogP contribution in [0.1, 0.15) is 34.5 Å². The summed E-state index contributed by atoms with van der Waals surface area (Å²) in [6, 6.07) is 12.9. The van der Waals surface area contributed by atoms with Gasteiger partial charge in [-0.3, -0.25) is 4.79 Å². The molecular formula is C21H24ClN3O3. The summed E-state index contributed by atoms with van der Waals surface area (Å²) >= 11 is 5.91. The van der Waals surface area contributed by atoms with Crippen LogP contribution in [0, 0.1) is 12.8 Å². The number of hydrogen-bond donors (Lipinski definition) is 1. The number of rotatable bonds is 5. The topological polar surface area (TPSA) is 71.5 Å². The molecule has 2 heterocycles. The number of piperidine rings is 1. The van der Waals surface area contributed by atoms with Crippen LogP contribution in [0.15, 0.2) is 42.5 Å². The fourth-order valence-electron chi connectivity index (χ4n) is 3.23. The van der Waals surface area contributed by atoms with Crippen molar-refractivity contribution in [2.75, 3.05) is 19.6 Å². The molecule has 1 aliphatic heterocycles. The van der Waals surface area contributed by atoms with Gasteiger partial charge in [-0.2, -0.15) is 0 Å². The minimum atomic E-state index is -0.284. The lowest BCUT2D eigenvalue weighted by Gasteiger charge is -2.31. The normalized spacial score (nSPS) is 14.6. The summed E-state index contributed by atoms with van der Waals surface area (Å²) in [4.78, 5) is 30.3. The minimum Gasteiger partial charge on any atom is -0.445 e. The van der Waals surface area contributed by atoms with Gasteiger partial charge in [0, 0.05) is 30.9 Å². The van der Waals surface area contributed by atoms with E-state index in [1.807, 2.05) is 30.3 Å². The van der Waals surface area contributed by atoms with Gasteiger partial charge in [-0.1, -0.05) is 41.9 Å². The first-order valence-electron chi connectivity index (χ1n) is 9.39. The molecule has 0 bridgehead atoms. The lowest BCUT2D eigenvalue weighted by atomic mass is 9.97. The van der Waals surface area contributed by atoms with Gasteiger partial charge in [0.1, 0.15) is 11.8 Å². The number of nitrogens with zero attached hydrogens (tertiary/aromatic N) is 2. The predicted molar refractivity (Wildman–Crippen MR) is 107 cm³/mol. The molecule has 0 saturated carbocycles. The quantitative estimate of drug-likeness (QED) is 0.773. The minimum absolute atomic E-state index is 0.155. The maximum atomic E-state index is 12.3. The van der Waals surface area contributed by atoms with Crippen molar-refractivity contribution in [2.24, 2.45) is 5.92 Å². The zero-order valence-corrected chi connectivity index (χ0v) is 16.6. The van der Waals surface area contributed by atoms with E-state index in [9.17, 15) is 9.59 Å². The van der Waals surface area contributed by atoms with E-state index in [1.165, 1.54) is 0 Å². The van der Waals surface area contributed by atoms with Crippen LogP contribution in [-0.2, 0) is 11.3 Å². The first-order chi connectivity index (χ1) is 13.5. The van der Waals surface area contributed by atoms with E-state index in [0.29, 0.717) is 42.0 Å². The third-order valence-electron chi connectivity index (χ3n) is 4.81. The summed E-state index contributed by atoms with van der Waals surface area (Å²) in [5.41, 5.74) is 2.19. The summed E-state index contributed by atoms with van der Waals surface area (Å²) in [7, 11) is 0. The molecule has 28 heavy (non-hydrogen) atoms. The van der Waals surface area contributed by atoms with Gasteiger partial charge < -0.3 is 15.0 Å². The number of aryl methyl sites for hydroxylation is 1. The molecule has 7 heteroatoms. The van der Waals surface area contributed by atoms with Crippen molar-refractivity contribution in [2.45, 2.75) is 26.4 Å². The van der Waals surface area contributed by atoms with Crippen LogP contribution in [-0.4, -0.2) is 41.5 Å². The van der Waals surface area contributed by atoms with Gasteiger partial charge in [-0.05, 0) is 43.4 Å². The zero-order chi connectivity index (χ0) is 19.9. The largest absolute Gasteiger partial charge is 0.445 e. The summed E-state index contributed by atoms with van der Waals surface area (Å²) in [5.74, 6) is 0.178. The smallest absolute Gasteiger partial charge is 0.410 e. The fraction of sp³-hybridized carbons (Fsp3) is 0.381. The van der Waals surface area contributed by atoms with Gasteiger partial charge in [0.15, 0.2) is 0 Å². The van der Waals surface area contributed by atoms with E-state index < -0.39 is 0 Å². The number of benzene rings is 1. The van der Waals surface area contributed by atoms with Crippen molar-refractivity contribution in [3.8, 4) is 0 Å². The maximum Gasteiger partial charge on any atom is 0.410 e. The third-order valence-corrected chi connectivity index (χ3v) is 5.01. The lowest BCUT2D eigenvalue weighted by Crippen LogP contribution is -2.41. The van der Waals surface area contributed by atoms with E-state index in [0.717, 1.165) is 18.4 Å². The number of carbonyl (C=O) groups is 2. The molecule has 1 aromatic heterocycles. The van der Waals surface area contributed by atoms with Crippen molar-refractivity contribution >= 4 is 23.6 Å². The van der Waals surface area contributed by atoms with Crippen molar-refractivity contribution < 1.29 is 14.3 Å². The summed E-state index contributed by atoms with van der Waals surface area (Å²) < 4.78 is 5.38. The van der Waals surface area contributed by atoms with Crippen LogP contribution in [0.5, 0.6) is 0 Å². The molecular weight excluding hydrogens is 378 g/mol. The Morgan fingerprint density at radius 1 is 1.21 bits per heavy atom. The Bertz CT molecular complexity index is 801. The van der Waals surface area contributed by atoms with Gasteiger partial charge in [-0.25, -0.2) is 9.78 Å². The van der Waals surface area contributed by atoms with Gasteiger partial charge in [0.2, 0.25) is 0 Å². The van der Waals surface area contributed by atoms with E-state index in [2.05, 4.69) is 10.3 Å². The van der Waals surface area contributed by atoms with E-state index >= 15 is 0 Å². The van der Waals surface area contributed by atoms with Gasteiger partial charge in [0.25, 0.3) is 5.91 Å². The molecule has 1 aliphatic rings. The first kappa shape index (κ1) is 20.1. The van der Waals surface area contributed by atoms with Crippen molar-refractivity contribution in [1.82, 2.24) is 15.2 Å². The molecule has 6 nitrogen and oxygen atoms in total. The molecule has 3 rings (SSSR count). The molecule has 2 aromatic rings. The Kier molecular flexibility index (Phi) is 6.87. The number of nitrogens with one attached hydrogen (secondary N) is 1. The Labute approximate surface area is 169 Å². The average Bonchev–Trinajstić information content (AvgIpc) is 2.70. The standard InChI is InChI=1S/C21H24ClN3O3/c1-15-11-18(12-19(22)24-15)20(26)23-13-16-7-9-25(10-8-16)21(27)28-14-17-5-3-2-4-6-17/h2-6,11-12,16H,7-10,13-14H2,1H3,(H,23,26). The van der Waals surface area contributed by atoms with Crippen LogP contribution < -0.4 is 5.32 Å². The maximum absolute atomic E-state index is 12.3. The molecule has 1 saturated heterocycles. The van der Waals surface area contributed by atoms with Gasteiger partial charge in [0.05, 0.1) is 0 Å². The number of carbonyl (C=O) groups excluding carboxylic acids is 2. The highest BCUT2D eigenvalue weighted by Gasteiger charge is 2.24. The van der Waals surface area contributed by atoms with Crippen LogP contribution >= 0.6 is 11.6 Å². The molecule has 0 aliphatic carbocycles. The average molecular weight is 402 g/mol. The molecule has 0 atom stereocenters. The molecule has 1 fully saturated rings. The second-order valence-corrected chi connectivity index (χ2v) is 7.39. The number of aromatic nitrogens is 1. The predicted octanol–water partition coefficient (Wildman–Crippen LogP) is 3.82. The van der Waals surface area contributed by atoms with E-state index in [1.54, 1.807) is 24.0 Å². The number of amides is 2. The zero-order valence-electron chi connectivity index (χ0n) is 15.9. The summed E-state index contributed by atoms with van der Waals surface area (Å²) in [6.45, 7) is 3.92. The highest BCUT2D eigenvalue weighted by molar-refractivity contribution is 6.29. The molecule has 1 N–H and O–H groups in total. The van der Waals surface area contributed by atoms with Gasteiger partial charge >= 0.3 is 6.09 Å². The monoisotopic (exact) mass is 401 g/mol. The summed E-state index contributed by atoms with van der Waals surface area (Å²) in [5, 5.41) is 3.27. The Morgan fingerprint density at radius 3 is 2.61 bits per heavy atom. The number of likely N-dealkylation sites (tertiary alicyclic amines) is 1. The second kappa shape index (κ2) is 9.55. The number of hydrogen-bond acceptors (Lipinski definition) is 4. The number of ether oxygens (including phenoxy) is 1. The van der Waals surface area contributed by atoms with E-state index in [4.69, 9.17) is 16.3 Å².